The summed E-state index contributed by atoms with van der Waals surface area (Å²) in [6, 6.07) is 11.1. The van der Waals surface area contributed by atoms with Gasteiger partial charge in [0.15, 0.2) is 0 Å². The lowest BCUT2D eigenvalue weighted by Gasteiger charge is -2.28. The minimum atomic E-state index is 0.489. The highest BCUT2D eigenvalue weighted by atomic mass is 15.1. The van der Waals surface area contributed by atoms with Gasteiger partial charge in [-0.1, -0.05) is 37.3 Å². The molecule has 1 aromatic carbocycles. The third-order valence-corrected chi connectivity index (χ3v) is 2.89. The van der Waals surface area contributed by atoms with Crippen LogP contribution in [0.2, 0.25) is 0 Å². The molecule has 0 aliphatic heterocycles. The fourth-order valence-electron chi connectivity index (χ4n) is 1.86. The maximum absolute atomic E-state index is 5.54. The average molecular weight is 206 g/mol. The smallest absolute Gasteiger partial charge is 0.0319 e. The van der Waals surface area contributed by atoms with Crippen molar-refractivity contribution in [2.75, 3.05) is 19.6 Å². The molecule has 0 bridgehead atoms. The molecule has 1 aromatic rings. The van der Waals surface area contributed by atoms with E-state index in [-0.39, 0.29) is 0 Å². The van der Waals surface area contributed by atoms with Crippen LogP contribution < -0.4 is 5.73 Å². The van der Waals surface area contributed by atoms with E-state index in [1.165, 1.54) is 5.56 Å². The molecular formula is C13H22N2. The maximum Gasteiger partial charge on any atom is 0.0319 e. The largest absolute Gasteiger partial charge is 0.330 e. The minimum absolute atomic E-state index is 0.489. The van der Waals surface area contributed by atoms with E-state index in [9.17, 15) is 0 Å². The number of hydrogen-bond donors (Lipinski definition) is 1. The Morgan fingerprint density at radius 3 is 2.47 bits per heavy atom. The quantitative estimate of drug-likeness (QED) is 0.774. The molecule has 0 aliphatic carbocycles. The van der Waals surface area contributed by atoms with Gasteiger partial charge in [0.1, 0.15) is 0 Å². The van der Waals surface area contributed by atoms with Gasteiger partial charge in [-0.05, 0) is 38.5 Å². The van der Waals surface area contributed by atoms with Gasteiger partial charge < -0.3 is 5.73 Å². The number of nitrogens with zero attached hydrogens (tertiary/aromatic N) is 1. The van der Waals surface area contributed by atoms with Gasteiger partial charge >= 0.3 is 0 Å². The summed E-state index contributed by atoms with van der Waals surface area (Å²) in [6.45, 7) is 7.41. The third-order valence-electron chi connectivity index (χ3n) is 2.89. The van der Waals surface area contributed by atoms with Gasteiger partial charge in [-0.15, -0.1) is 0 Å². The van der Waals surface area contributed by atoms with Crippen LogP contribution in [0.25, 0.3) is 0 Å². The summed E-state index contributed by atoms with van der Waals surface area (Å²) in [5.74, 6) is 0. The highest BCUT2D eigenvalue weighted by Crippen LogP contribution is 2.19. The summed E-state index contributed by atoms with van der Waals surface area (Å²) in [7, 11) is 0. The molecule has 1 rings (SSSR count). The Bertz CT molecular complexity index is 258. The number of rotatable bonds is 6. The Kier molecular flexibility index (Phi) is 5.37. The fraction of sp³-hybridized carbons (Fsp3) is 0.538. The van der Waals surface area contributed by atoms with Crippen LogP contribution >= 0.6 is 0 Å². The first kappa shape index (κ1) is 12.2. The van der Waals surface area contributed by atoms with Crippen molar-refractivity contribution < 1.29 is 0 Å². The van der Waals surface area contributed by atoms with Crippen LogP contribution in [-0.4, -0.2) is 24.5 Å². The molecule has 0 aromatic heterocycles. The molecule has 0 fully saturated rings. The summed E-state index contributed by atoms with van der Waals surface area (Å²) in [4.78, 5) is 2.46. The molecule has 0 spiro atoms. The molecule has 2 heteroatoms. The average Bonchev–Trinajstić information content (AvgIpc) is 2.31. The number of hydrogen-bond acceptors (Lipinski definition) is 2. The van der Waals surface area contributed by atoms with Gasteiger partial charge in [-0.3, -0.25) is 4.90 Å². The maximum atomic E-state index is 5.54. The SMILES string of the molecule is CCN(CCCN)C(C)c1ccccc1. The molecular weight excluding hydrogens is 184 g/mol. The topological polar surface area (TPSA) is 29.3 Å². The predicted octanol–water partition coefficient (Wildman–Crippen LogP) is 2.42. The second kappa shape index (κ2) is 6.59. The Balaban J connectivity index is 2.60. The number of nitrogens with two attached hydrogens (primary N) is 1. The van der Waals surface area contributed by atoms with Crippen LogP contribution in [-0.2, 0) is 0 Å². The molecule has 2 nitrogen and oxygen atoms in total. The van der Waals surface area contributed by atoms with Gasteiger partial charge in [0, 0.05) is 6.04 Å². The van der Waals surface area contributed by atoms with Crippen molar-refractivity contribution in [2.24, 2.45) is 5.73 Å². The first-order valence-electron chi connectivity index (χ1n) is 5.78. The first-order valence-corrected chi connectivity index (χ1v) is 5.78. The van der Waals surface area contributed by atoms with Crippen LogP contribution in [0.4, 0.5) is 0 Å². The van der Waals surface area contributed by atoms with E-state index >= 15 is 0 Å². The van der Waals surface area contributed by atoms with E-state index < -0.39 is 0 Å². The van der Waals surface area contributed by atoms with Crippen LogP contribution in [0.1, 0.15) is 31.9 Å². The van der Waals surface area contributed by atoms with E-state index in [0.29, 0.717) is 6.04 Å². The molecule has 0 amide bonds. The second-order valence-electron chi connectivity index (χ2n) is 3.86. The Hall–Kier alpha value is -0.860. The summed E-state index contributed by atoms with van der Waals surface area (Å²) in [6.07, 6.45) is 1.07. The highest BCUT2D eigenvalue weighted by Gasteiger charge is 2.12. The third kappa shape index (κ3) is 3.65. The molecule has 0 saturated heterocycles. The molecule has 0 saturated carbocycles. The lowest BCUT2D eigenvalue weighted by molar-refractivity contribution is 0.220. The minimum Gasteiger partial charge on any atom is -0.330 e. The normalized spacial score (nSPS) is 13.1. The van der Waals surface area contributed by atoms with Crippen molar-refractivity contribution in [3.05, 3.63) is 35.9 Å². The fourth-order valence-corrected chi connectivity index (χ4v) is 1.86. The zero-order valence-corrected chi connectivity index (χ0v) is 9.82. The van der Waals surface area contributed by atoms with E-state index in [1.54, 1.807) is 0 Å². The first-order chi connectivity index (χ1) is 7.29. The summed E-state index contributed by atoms with van der Waals surface area (Å²) in [5.41, 5.74) is 6.93. The van der Waals surface area contributed by atoms with Gasteiger partial charge in [0.25, 0.3) is 0 Å². The van der Waals surface area contributed by atoms with Crippen LogP contribution in [0.3, 0.4) is 0 Å². The summed E-state index contributed by atoms with van der Waals surface area (Å²) >= 11 is 0. The van der Waals surface area contributed by atoms with Crippen molar-refractivity contribution >= 4 is 0 Å². The van der Waals surface area contributed by atoms with Crippen LogP contribution in [0.15, 0.2) is 30.3 Å². The van der Waals surface area contributed by atoms with Crippen molar-refractivity contribution in [3.63, 3.8) is 0 Å². The van der Waals surface area contributed by atoms with Crippen molar-refractivity contribution in [3.8, 4) is 0 Å². The van der Waals surface area contributed by atoms with Crippen molar-refractivity contribution in [1.82, 2.24) is 4.90 Å². The Morgan fingerprint density at radius 2 is 1.93 bits per heavy atom. The monoisotopic (exact) mass is 206 g/mol. The zero-order chi connectivity index (χ0) is 11.1. The lowest BCUT2D eigenvalue weighted by atomic mass is 10.1. The highest BCUT2D eigenvalue weighted by molar-refractivity contribution is 5.18. The molecule has 2 N–H and O–H groups in total. The summed E-state index contributed by atoms with van der Waals surface area (Å²) in [5, 5.41) is 0. The van der Waals surface area contributed by atoms with Crippen LogP contribution in [0.5, 0.6) is 0 Å². The Labute approximate surface area is 93.1 Å². The standard InChI is InChI=1S/C13H22N2/c1-3-15(11-7-10-14)12(2)13-8-5-4-6-9-13/h4-6,8-9,12H,3,7,10-11,14H2,1-2H3. The molecule has 1 atom stereocenters. The Morgan fingerprint density at radius 1 is 1.27 bits per heavy atom. The molecule has 1 unspecified atom stereocenters. The van der Waals surface area contributed by atoms with Crippen LogP contribution in [0, 0.1) is 0 Å². The van der Waals surface area contributed by atoms with Gasteiger partial charge in [0.05, 0.1) is 0 Å². The molecule has 0 radical (unpaired) electrons. The molecule has 15 heavy (non-hydrogen) atoms. The predicted molar refractivity (Wildman–Crippen MR) is 65.8 cm³/mol. The lowest BCUT2D eigenvalue weighted by Crippen LogP contribution is -2.29. The van der Waals surface area contributed by atoms with E-state index in [0.717, 1.165) is 26.1 Å². The zero-order valence-electron chi connectivity index (χ0n) is 9.82. The van der Waals surface area contributed by atoms with E-state index in [4.69, 9.17) is 5.73 Å². The molecule has 84 valence electrons. The van der Waals surface area contributed by atoms with Crippen molar-refractivity contribution in [1.29, 1.82) is 0 Å². The second-order valence-corrected chi connectivity index (χ2v) is 3.86. The van der Waals surface area contributed by atoms with Crippen molar-refractivity contribution in [2.45, 2.75) is 26.3 Å². The van der Waals surface area contributed by atoms with E-state index in [2.05, 4.69) is 49.1 Å². The molecule has 0 heterocycles. The number of benzene rings is 1. The van der Waals surface area contributed by atoms with Gasteiger partial charge in [-0.25, -0.2) is 0 Å². The van der Waals surface area contributed by atoms with E-state index in [1.807, 2.05) is 0 Å². The molecule has 0 aliphatic rings. The summed E-state index contributed by atoms with van der Waals surface area (Å²) < 4.78 is 0. The van der Waals surface area contributed by atoms with Gasteiger partial charge in [-0.2, -0.15) is 0 Å². The van der Waals surface area contributed by atoms with Gasteiger partial charge in [0.2, 0.25) is 0 Å².